The normalized spacial score (nSPS) is 12.8. The predicted molar refractivity (Wildman–Crippen MR) is 230 cm³/mol. The lowest BCUT2D eigenvalue weighted by atomic mass is 9.82. The first-order valence-corrected chi connectivity index (χ1v) is 18.8. The summed E-state index contributed by atoms with van der Waals surface area (Å²) < 4.78 is 0. The molecule has 54 heavy (non-hydrogen) atoms. The Bertz CT molecular complexity index is 2830. The minimum absolute atomic E-state index is 0.112. The summed E-state index contributed by atoms with van der Waals surface area (Å²) in [4.78, 5) is 2.47. The second kappa shape index (κ2) is 12.8. The number of anilines is 3. The second-order valence-corrected chi connectivity index (χ2v) is 15.0. The van der Waals surface area contributed by atoms with Crippen molar-refractivity contribution in [1.29, 1.82) is 0 Å². The van der Waals surface area contributed by atoms with E-state index in [0.29, 0.717) is 0 Å². The highest BCUT2D eigenvalue weighted by Gasteiger charge is 2.35. The molecule has 0 atom stereocenters. The van der Waals surface area contributed by atoms with Crippen molar-refractivity contribution in [3.8, 4) is 44.5 Å². The highest BCUT2D eigenvalue weighted by Crippen LogP contribution is 2.51. The van der Waals surface area contributed by atoms with Crippen LogP contribution in [0, 0.1) is 0 Å². The summed E-state index contributed by atoms with van der Waals surface area (Å²) in [7, 11) is 0. The SMILES string of the molecule is CC1(C)c2ccccc2-c2ccc(N(c3ccc(-c4ccccc4)cc3)c3cccc4ccc5ccc(-c6cccc(-c7ccccc7)c6)cc5c34)cc21. The van der Waals surface area contributed by atoms with Gasteiger partial charge in [-0.1, -0.05) is 172 Å². The van der Waals surface area contributed by atoms with Gasteiger partial charge in [0.05, 0.1) is 5.69 Å². The zero-order chi connectivity index (χ0) is 36.2. The molecule has 1 nitrogen and oxygen atoms in total. The van der Waals surface area contributed by atoms with Gasteiger partial charge in [-0.25, -0.2) is 0 Å². The Balaban J connectivity index is 1.18. The average molecular weight is 690 g/mol. The van der Waals surface area contributed by atoms with E-state index in [0.717, 1.165) is 17.1 Å². The molecule has 1 aliphatic rings. The van der Waals surface area contributed by atoms with Crippen LogP contribution in [0.5, 0.6) is 0 Å². The number of fused-ring (bicyclic) bond motifs is 6. The van der Waals surface area contributed by atoms with E-state index < -0.39 is 0 Å². The molecule has 0 aromatic heterocycles. The number of hydrogen-bond donors (Lipinski definition) is 0. The maximum absolute atomic E-state index is 2.47. The Kier molecular flexibility index (Phi) is 7.56. The van der Waals surface area contributed by atoms with E-state index >= 15 is 0 Å². The predicted octanol–water partition coefficient (Wildman–Crippen LogP) is 14.8. The van der Waals surface area contributed by atoms with Crippen LogP contribution in [0.2, 0.25) is 0 Å². The summed E-state index contributed by atoms with van der Waals surface area (Å²) in [6.45, 7) is 4.72. The highest BCUT2D eigenvalue weighted by molar-refractivity contribution is 6.16. The van der Waals surface area contributed by atoms with Crippen LogP contribution in [-0.4, -0.2) is 0 Å². The van der Waals surface area contributed by atoms with E-state index in [9.17, 15) is 0 Å². The molecule has 0 amide bonds. The lowest BCUT2D eigenvalue weighted by Gasteiger charge is -2.29. The summed E-state index contributed by atoms with van der Waals surface area (Å²) in [5, 5.41) is 4.93. The molecule has 0 unspecified atom stereocenters. The standard InChI is InChI=1S/C53H39N/c1-53(2)49-21-10-9-20-46(49)47-32-31-45(35-50(47)53)54(44-29-27-38(28-30-44)36-13-5-3-6-14-36)51-22-12-17-40-25-23-39-24-26-43(34-48(39)52(40)51)42-19-11-18-41(33-42)37-15-7-4-8-16-37/h3-35H,1-2H3. The molecule has 0 N–H and O–H groups in total. The van der Waals surface area contributed by atoms with Crippen molar-refractivity contribution in [1.82, 2.24) is 0 Å². The summed E-state index contributed by atoms with van der Waals surface area (Å²) in [6, 6.07) is 73.5. The number of benzene rings is 9. The second-order valence-electron chi connectivity index (χ2n) is 15.0. The molecule has 1 heteroatoms. The Hall–Kier alpha value is -6.70. The Morgan fingerprint density at radius 2 is 0.889 bits per heavy atom. The fraction of sp³-hybridized carbons (Fsp3) is 0.0566. The monoisotopic (exact) mass is 689 g/mol. The first-order chi connectivity index (χ1) is 26.5. The quantitative estimate of drug-likeness (QED) is 0.157. The van der Waals surface area contributed by atoms with E-state index in [4.69, 9.17) is 0 Å². The number of rotatable bonds is 6. The van der Waals surface area contributed by atoms with Crippen LogP contribution >= 0.6 is 0 Å². The van der Waals surface area contributed by atoms with Gasteiger partial charge in [-0.15, -0.1) is 0 Å². The number of nitrogens with zero attached hydrogens (tertiary/aromatic N) is 1. The molecule has 9 aromatic rings. The van der Waals surface area contributed by atoms with Crippen LogP contribution in [-0.2, 0) is 5.41 Å². The summed E-state index contributed by atoms with van der Waals surface area (Å²) in [6.07, 6.45) is 0. The summed E-state index contributed by atoms with van der Waals surface area (Å²) in [5.74, 6) is 0. The molecular weight excluding hydrogens is 651 g/mol. The molecule has 9 aromatic carbocycles. The van der Waals surface area contributed by atoms with Crippen LogP contribution < -0.4 is 4.90 Å². The zero-order valence-corrected chi connectivity index (χ0v) is 30.5. The molecule has 10 rings (SSSR count). The van der Waals surface area contributed by atoms with Crippen molar-refractivity contribution in [2.75, 3.05) is 4.90 Å². The Morgan fingerprint density at radius 1 is 0.352 bits per heavy atom. The van der Waals surface area contributed by atoms with Gasteiger partial charge >= 0.3 is 0 Å². The van der Waals surface area contributed by atoms with Gasteiger partial charge in [0, 0.05) is 22.2 Å². The van der Waals surface area contributed by atoms with Crippen molar-refractivity contribution in [2.24, 2.45) is 0 Å². The molecule has 0 radical (unpaired) electrons. The Labute approximate surface area is 317 Å². The van der Waals surface area contributed by atoms with Crippen molar-refractivity contribution in [3.63, 3.8) is 0 Å². The molecule has 0 saturated heterocycles. The van der Waals surface area contributed by atoms with E-state index in [-0.39, 0.29) is 5.41 Å². The van der Waals surface area contributed by atoms with Gasteiger partial charge in [-0.2, -0.15) is 0 Å². The van der Waals surface area contributed by atoms with E-state index in [1.807, 2.05) is 0 Å². The van der Waals surface area contributed by atoms with Gasteiger partial charge in [-0.3, -0.25) is 0 Å². The topological polar surface area (TPSA) is 3.24 Å². The first kappa shape index (κ1) is 32.0. The van der Waals surface area contributed by atoms with Crippen LogP contribution in [0.3, 0.4) is 0 Å². The van der Waals surface area contributed by atoms with Crippen LogP contribution in [0.25, 0.3) is 66.1 Å². The zero-order valence-electron chi connectivity index (χ0n) is 30.5. The molecule has 0 spiro atoms. The third-order valence-electron chi connectivity index (χ3n) is 11.4. The van der Waals surface area contributed by atoms with E-state index in [1.54, 1.807) is 0 Å². The van der Waals surface area contributed by atoms with Gasteiger partial charge in [-0.05, 0) is 114 Å². The Morgan fingerprint density at radius 3 is 1.67 bits per heavy atom. The van der Waals surface area contributed by atoms with Gasteiger partial charge in [0.25, 0.3) is 0 Å². The summed E-state index contributed by atoms with van der Waals surface area (Å²) in [5.41, 5.74) is 16.0. The maximum atomic E-state index is 2.47. The van der Waals surface area contributed by atoms with Crippen LogP contribution in [0.1, 0.15) is 25.0 Å². The first-order valence-electron chi connectivity index (χ1n) is 18.8. The van der Waals surface area contributed by atoms with Gasteiger partial charge in [0.2, 0.25) is 0 Å². The average Bonchev–Trinajstić information content (AvgIpc) is 3.47. The van der Waals surface area contributed by atoms with Crippen molar-refractivity contribution in [3.05, 3.63) is 211 Å². The van der Waals surface area contributed by atoms with E-state index in [2.05, 4.69) is 219 Å². The smallest absolute Gasteiger partial charge is 0.0546 e. The van der Waals surface area contributed by atoms with Crippen molar-refractivity contribution in [2.45, 2.75) is 19.3 Å². The number of hydrogen-bond acceptors (Lipinski definition) is 1. The molecule has 0 fully saturated rings. The molecule has 256 valence electrons. The van der Waals surface area contributed by atoms with Gasteiger partial charge in [0.15, 0.2) is 0 Å². The molecular formula is C53H39N. The van der Waals surface area contributed by atoms with Gasteiger partial charge in [0.1, 0.15) is 0 Å². The molecule has 0 aliphatic heterocycles. The fourth-order valence-electron chi connectivity index (χ4n) is 8.65. The minimum atomic E-state index is -0.112. The van der Waals surface area contributed by atoms with Crippen LogP contribution in [0.4, 0.5) is 17.1 Å². The molecule has 0 heterocycles. The highest BCUT2D eigenvalue weighted by atomic mass is 15.1. The lowest BCUT2D eigenvalue weighted by Crippen LogP contribution is -2.16. The lowest BCUT2D eigenvalue weighted by molar-refractivity contribution is 0.660. The minimum Gasteiger partial charge on any atom is -0.310 e. The molecule has 0 bridgehead atoms. The third kappa shape index (κ3) is 5.32. The van der Waals surface area contributed by atoms with Crippen LogP contribution in [0.15, 0.2) is 200 Å². The van der Waals surface area contributed by atoms with Crippen molar-refractivity contribution >= 4 is 38.6 Å². The fourth-order valence-corrected chi connectivity index (χ4v) is 8.65. The van der Waals surface area contributed by atoms with Gasteiger partial charge < -0.3 is 4.90 Å². The third-order valence-corrected chi connectivity index (χ3v) is 11.4. The maximum Gasteiger partial charge on any atom is 0.0546 e. The van der Waals surface area contributed by atoms with Crippen molar-refractivity contribution < 1.29 is 0 Å². The summed E-state index contributed by atoms with van der Waals surface area (Å²) >= 11 is 0. The molecule has 0 saturated carbocycles. The largest absolute Gasteiger partial charge is 0.310 e. The molecule has 1 aliphatic carbocycles. The van der Waals surface area contributed by atoms with E-state index in [1.165, 1.54) is 77.2 Å².